The van der Waals surface area contributed by atoms with Gasteiger partial charge in [0.05, 0.1) is 13.2 Å². The van der Waals surface area contributed by atoms with Gasteiger partial charge in [0.25, 0.3) is 0 Å². The first-order valence-electron chi connectivity index (χ1n) is 7.87. The van der Waals surface area contributed by atoms with Crippen LogP contribution in [0, 0.1) is 0 Å². The molecule has 0 saturated carbocycles. The van der Waals surface area contributed by atoms with Gasteiger partial charge in [-0.15, -0.1) is 0 Å². The van der Waals surface area contributed by atoms with Crippen molar-refractivity contribution in [3.8, 4) is 5.75 Å². The van der Waals surface area contributed by atoms with Crippen LogP contribution in [-0.2, 0) is 0 Å². The van der Waals surface area contributed by atoms with Crippen molar-refractivity contribution in [3.63, 3.8) is 0 Å². The van der Waals surface area contributed by atoms with Gasteiger partial charge in [-0.2, -0.15) is 0 Å². The van der Waals surface area contributed by atoms with Crippen LogP contribution in [-0.4, -0.2) is 7.11 Å². The first-order valence-corrected chi connectivity index (χ1v) is 7.87. The van der Waals surface area contributed by atoms with Gasteiger partial charge < -0.3 is 10.1 Å². The van der Waals surface area contributed by atoms with Crippen molar-refractivity contribution in [2.75, 3.05) is 12.4 Å². The molecule has 0 bridgehead atoms. The summed E-state index contributed by atoms with van der Waals surface area (Å²) in [6.07, 6.45) is 2.30. The lowest BCUT2D eigenvalue weighted by Gasteiger charge is -2.27. The Morgan fingerprint density at radius 2 is 1.70 bits per heavy atom. The highest BCUT2D eigenvalue weighted by Crippen LogP contribution is 2.39. The van der Waals surface area contributed by atoms with Crippen LogP contribution in [0.4, 0.5) is 5.69 Å². The molecule has 0 radical (unpaired) electrons. The van der Waals surface area contributed by atoms with Crippen molar-refractivity contribution in [1.82, 2.24) is 0 Å². The van der Waals surface area contributed by atoms with Crippen LogP contribution in [0.5, 0.6) is 5.75 Å². The zero-order valence-corrected chi connectivity index (χ0v) is 13.3. The lowest BCUT2D eigenvalue weighted by Crippen LogP contribution is -2.14. The van der Waals surface area contributed by atoms with Crippen molar-refractivity contribution in [2.45, 2.75) is 13.0 Å². The van der Waals surface area contributed by atoms with Gasteiger partial charge in [0, 0.05) is 11.3 Å². The highest BCUT2D eigenvalue weighted by atomic mass is 16.5. The molecule has 4 rings (SSSR count). The van der Waals surface area contributed by atoms with Gasteiger partial charge in [-0.05, 0) is 47.0 Å². The van der Waals surface area contributed by atoms with Crippen molar-refractivity contribution < 1.29 is 4.74 Å². The Morgan fingerprint density at radius 3 is 2.48 bits per heavy atom. The molecule has 0 aliphatic carbocycles. The second-order valence-electron chi connectivity index (χ2n) is 5.95. The predicted octanol–water partition coefficient (Wildman–Crippen LogP) is 5.42. The average molecular weight is 301 g/mol. The van der Waals surface area contributed by atoms with Crippen LogP contribution in [0.25, 0.3) is 16.3 Å². The predicted molar refractivity (Wildman–Crippen MR) is 97.0 cm³/mol. The molecule has 1 unspecified atom stereocenters. The molecule has 23 heavy (non-hydrogen) atoms. The quantitative estimate of drug-likeness (QED) is 0.682. The minimum atomic E-state index is 0.189. The molecule has 0 spiro atoms. The van der Waals surface area contributed by atoms with E-state index in [-0.39, 0.29) is 6.04 Å². The fourth-order valence-corrected chi connectivity index (χ4v) is 3.35. The maximum absolute atomic E-state index is 5.25. The van der Waals surface area contributed by atoms with E-state index in [1.165, 1.54) is 33.2 Å². The summed E-state index contributed by atoms with van der Waals surface area (Å²) in [6.45, 7) is 2.20. The highest BCUT2D eigenvalue weighted by Gasteiger charge is 2.19. The minimum absolute atomic E-state index is 0.189. The number of ether oxygens (including phenoxy) is 1. The van der Waals surface area contributed by atoms with E-state index in [2.05, 4.69) is 66.8 Å². The fraction of sp³-hybridized carbons (Fsp3) is 0.143. The Balaban J connectivity index is 1.78. The second kappa shape index (κ2) is 5.47. The summed E-state index contributed by atoms with van der Waals surface area (Å²) in [7, 11) is 1.69. The van der Waals surface area contributed by atoms with Gasteiger partial charge in [-0.3, -0.25) is 0 Å². The molecule has 2 heteroatoms. The van der Waals surface area contributed by atoms with E-state index in [4.69, 9.17) is 4.74 Å². The van der Waals surface area contributed by atoms with Crippen molar-refractivity contribution in [1.29, 1.82) is 0 Å². The first-order chi connectivity index (χ1) is 11.3. The number of anilines is 1. The smallest absolute Gasteiger partial charge is 0.118 e. The van der Waals surface area contributed by atoms with Crippen molar-refractivity contribution in [3.05, 3.63) is 77.9 Å². The van der Waals surface area contributed by atoms with Crippen LogP contribution in [0.2, 0.25) is 0 Å². The highest BCUT2D eigenvalue weighted by molar-refractivity contribution is 6.00. The maximum Gasteiger partial charge on any atom is 0.118 e. The minimum Gasteiger partial charge on any atom is -0.497 e. The van der Waals surface area contributed by atoms with Crippen LogP contribution < -0.4 is 10.1 Å². The molecular weight excluding hydrogens is 282 g/mol. The Hall–Kier alpha value is -2.74. The van der Waals surface area contributed by atoms with Crippen LogP contribution in [0.1, 0.15) is 24.1 Å². The zero-order valence-electron chi connectivity index (χ0n) is 13.3. The Labute approximate surface area is 136 Å². The molecule has 0 amide bonds. The van der Waals surface area contributed by atoms with Gasteiger partial charge in [0.15, 0.2) is 0 Å². The SMILES string of the molecule is COc1ccc(C2C=C(C)c3c(ccc4ccccc34)N2)cc1. The van der Waals surface area contributed by atoms with E-state index >= 15 is 0 Å². The van der Waals surface area contributed by atoms with E-state index in [0.29, 0.717) is 0 Å². The topological polar surface area (TPSA) is 21.3 Å². The van der Waals surface area contributed by atoms with Crippen LogP contribution in [0.15, 0.2) is 66.7 Å². The summed E-state index contributed by atoms with van der Waals surface area (Å²) in [4.78, 5) is 0. The summed E-state index contributed by atoms with van der Waals surface area (Å²) in [5, 5.41) is 6.24. The molecule has 3 aromatic rings. The third-order valence-corrected chi connectivity index (χ3v) is 4.53. The largest absolute Gasteiger partial charge is 0.497 e. The molecule has 0 fully saturated rings. The molecule has 1 aliphatic rings. The first kappa shape index (κ1) is 13.9. The summed E-state index contributed by atoms with van der Waals surface area (Å²) in [5.74, 6) is 0.886. The molecule has 3 aromatic carbocycles. The van der Waals surface area contributed by atoms with Crippen molar-refractivity contribution in [2.24, 2.45) is 0 Å². The molecule has 0 saturated heterocycles. The molecule has 114 valence electrons. The number of hydrogen-bond donors (Lipinski definition) is 1. The van der Waals surface area contributed by atoms with E-state index in [1.54, 1.807) is 7.11 Å². The van der Waals surface area contributed by atoms with Crippen LogP contribution in [0.3, 0.4) is 0 Å². The zero-order chi connectivity index (χ0) is 15.8. The van der Waals surface area contributed by atoms with Gasteiger partial charge in [0.1, 0.15) is 5.75 Å². The summed E-state index contributed by atoms with van der Waals surface area (Å²) in [5.41, 5.74) is 5.07. The molecule has 1 N–H and O–H groups in total. The maximum atomic E-state index is 5.25. The molecular formula is C21H19NO. The molecule has 1 atom stereocenters. The summed E-state index contributed by atoms with van der Waals surface area (Å²) >= 11 is 0. The summed E-state index contributed by atoms with van der Waals surface area (Å²) < 4.78 is 5.25. The van der Waals surface area contributed by atoms with Gasteiger partial charge in [0.2, 0.25) is 0 Å². The van der Waals surface area contributed by atoms with Crippen molar-refractivity contribution >= 4 is 22.0 Å². The molecule has 1 aliphatic heterocycles. The number of benzene rings is 3. The monoisotopic (exact) mass is 301 g/mol. The van der Waals surface area contributed by atoms with Gasteiger partial charge in [-0.1, -0.05) is 48.5 Å². The normalized spacial score (nSPS) is 16.4. The Morgan fingerprint density at radius 1 is 0.913 bits per heavy atom. The molecule has 0 aromatic heterocycles. The van der Waals surface area contributed by atoms with E-state index in [9.17, 15) is 0 Å². The summed E-state index contributed by atoms with van der Waals surface area (Å²) in [6, 6.07) is 21.4. The number of rotatable bonds is 2. The van der Waals surface area contributed by atoms with Gasteiger partial charge >= 0.3 is 0 Å². The number of fused-ring (bicyclic) bond motifs is 3. The standard InChI is InChI=1S/C21H19NO/c1-14-13-20(16-7-10-17(23-2)11-8-16)22-19-12-9-15-5-3-4-6-18(15)21(14)19/h3-13,20,22H,1-2H3. The third kappa shape index (κ3) is 2.36. The van der Waals surface area contributed by atoms with E-state index in [0.717, 1.165) is 5.75 Å². The Bertz CT molecular complexity index is 893. The molecule has 1 heterocycles. The van der Waals surface area contributed by atoms with E-state index in [1.807, 2.05) is 12.1 Å². The number of allylic oxidation sites excluding steroid dienone is 1. The second-order valence-corrected chi connectivity index (χ2v) is 5.95. The number of hydrogen-bond acceptors (Lipinski definition) is 2. The lowest BCUT2D eigenvalue weighted by atomic mass is 9.91. The van der Waals surface area contributed by atoms with Gasteiger partial charge in [-0.25, -0.2) is 0 Å². The number of methoxy groups -OCH3 is 1. The fourth-order valence-electron chi connectivity index (χ4n) is 3.35. The molecule has 2 nitrogen and oxygen atoms in total. The lowest BCUT2D eigenvalue weighted by molar-refractivity contribution is 0.414. The average Bonchev–Trinajstić information content (AvgIpc) is 2.61. The third-order valence-electron chi connectivity index (χ3n) is 4.53. The number of nitrogens with one attached hydrogen (secondary N) is 1. The van der Waals surface area contributed by atoms with E-state index < -0.39 is 0 Å². The Kier molecular flexibility index (Phi) is 3.30. The van der Waals surface area contributed by atoms with Crippen LogP contribution >= 0.6 is 0 Å².